The van der Waals surface area contributed by atoms with E-state index in [1.165, 1.54) is 11.8 Å². The third kappa shape index (κ3) is 5.87. The summed E-state index contributed by atoms with van der Waals surface area (Å²) in [5, 5.41) is 7.83. The molecule has 1 aromatic heterocycles. The van der Waals surface area contributed by atoms with Gasteiger partial charge in [0.25, 0.3) is 0 Å². The van der Waals surface area contributed by atoms with Crippen LogP contribution in [0, 0.1) is 6.92 Å². The monoisotopic (exact) mass is 584 g/mol. The van der Waals surface area contributed by atoms with Crippen molar-refractivity contribution in [3.8, 4) is 28.4 Å². The first-order valence-electron chi connectivity index (χ1n) is 14.0. The van der Waals surface area contributed by atoms with Crippen LogP contribution in [-0.4, -0.2) is 54.2 Å². The molecule has 3 aromatic carbocycles. The van der Waals surface area contributed by atoms with Gasteiger partial charge in [0.2, 0.25) is 11.8 Å². The first-order chi connectivity index (χ1) is 20.3. The van der Waals surface area contributed by atoms with Gasteiger partial charge in [-0.3, -0.25) is 14.5 Å². The number of amides is 2. The zero-order chi connectivity index (χ0) is 29.8. The maximum Gasteiger partial charge on any atom is 0.240 e. The second-order valence-electron chi connectivity index (χ2n) is 10.4. The van der Waals surface area contributed by atoms with Gasteiger partial charge in [-0.25, -0.2) is 4.68 Å². The zero-order valence-electron chi connectivity index (χ0n) is 24.6. The normalized spacial score (nSPS) is 15.5. The number of aromatic nitrogens is 2. The Morgan fingerprint density at radius 1 is 1.07 bits per heavy atom. The van der Waals surface area contributed by atoms with Crippen LogP contribution in [0.1, 0.15) is 42.2 Å². The Balaban J connectivity index is 1.81. The molecule has 5 rings (SSSR count). The Kier molecular flexibility index (Phi) is 8.87. The molecule has 0 radical (unpaired) electrons. The number of nitrogens with one attached hydrogen (secondary N) is 1. The summed E-state index contributed by atoms with van der Waals surface area (Å²) in [5.41, 5.74) is 5.24. The molecule has 8 nitrogen and oxygen atoms in total. The number of hydrogen-bond acceptors (Lipinski definition) is 6. The van der Waals surface area contributed by atoms with Crippen LogP contribution in [0.2, 0.25) is 0 Å². The molecule has 0 aliphatic carbocycles. The van der Waals surface area contributed by atoms with Crippen LogP contribution in [0.5, 0.6) is 11.5 Å². The van der Waals surface area contributed by atoms with E-state index >= 15 is 0 Å². The maximum absolute atomic E-state index is 13.9. The average molecular weight is 585 g/mol. The summed E-state index contributed by atoms with van der Waals surface area (Å²) >= 11 is 1.49. The van der Waals surface area contributed by atoms with E-state index in [-0.39, 0.29) is 35.4 Å². The summed E-state index contributed by atoms with van der Waals surface area (Å²) < 4.78 is 13.2. The van der Waals surface area contributed by atoms with Crippen LogP contribution in [0.25, 0.3) is 16.9 Å². The van der Waals surface area contributed by atoms with Gasteiger partial charge in [-0.15, -0.1) is 11.8 Å². The molecule has 2 heterocycles. The number of carbonyl (C=O) groups excluding carboxylic acids is 2. The van der Waals surface area contributed by atoms with Gasteiger partial charge in [-0.1, -0.05) is 55.0 Å². The lowest BCUT2D eigenvalue weighted by Crippen LogP contribution is -2.44. The number of benzene rings is 3. The second-order valence-corrected chi connectivity index (χ2v) is 11.4. The fourth-order valence-corrected chi connectivity index (χ4v) is 6.26. The lowest BCUT2D eigenvalue weighted by molar-refractivity contribution is -0.123. The number of ether oxygens (including phenoxy) is 2. The molecule has 4 aromatic rings. The highest BCUT2D eigenvalue weighted by Gasteiger charge is 2.39. The van der Waals surface area contributed by atoms with Gasteiger partial charge < -0.3 is 14.8 Å². The van der Waals surface area contributed by atoms with Gasteiger partial charge >= 0.3 is 0 Å². The lowest BCUT2D eigenvalue weighted by atomic mass is 9.98. The molecule has 0 fully saturated rings. The highest BCUT2D eigenvalue weighted by Crippen LogP contribution is 2.51. The number of hydrogen-bond donors (Lipinski definition) is 1. The van der Waals surface area contributed by atoms with Crippen molar-refractivity contribution in [3.63, 3.8) is 0 Å². The van der Waals surface area contributed by atoms with Crippen LogP contribution >= 0.6 is 11.8 Å². The largest absolute Gasteiger partial charge is 0.497 e. The average Bonchev–Trinajstić information content (AvgIpc) is 3.34. The minimum absolute atomic E-state index is 0.0101. The molecule has 0 unspecified atom stereocenters. The first kappa shape index (κ1) is 29.3. The SMILES string of the molecule is CC[C@H](C)NC(=O)CN1C(=O)CS[C@H](c2cc(OC)ccc2OC)c2c(-c3ccccc3)nn(-c3ccc(C)cc3)c21. The third-order valence-corrected chi connectivity index (χ3v) is 8.69. The van der Waals surface area contributed by atoms with Gasteiger partial charge in [0.15, 0.2) is 0 Å². The van der Waals surface area contributed by atoms with E-state index in [2.05, 4.69) is 5.32 Å². The molecule has 1 N–H and O–H groups in total. The molecule has 1 aliphatic heterocycles. The van der Waals surface area contributed by atoms with Crippen molar-refractivity contribution in [3.05, 3.63) is 89.5 Å². The van der Waals surface area contributed by atoms with Crippen LogP contribution in [0.3, 0.4) is 0 Å². The molecule has 0 saturated heterocycles. The highest BCUT2D eigenvalue weighted by molar-refractivity contribution is 8.00. The van der Waals surface area contributed by atoms with Gasteiger partial charge in [-0.2, -0.15) is 5.10 Å². The number of fused-ring (bicyclic) bond motifs is 1. The predicted octanol–water partition coefficient (Wildman–Crippen LogP) is 5.95. The van der Waals surface area contributed by atoms with Crippen molar-refractivity contribution in [2.45, 2.75) is 38.5 Å². The molecule has 1 aliphatic rings. The van der Waals surface area contributed by atoms with E-state index < -0.39 is 0 Å². The summed E-state index contributed by atoms with van der Waals surface area (Å²) in [6.07, 6.45) is 0.790. The van der Waals surface area contributed by atoms with E-state index in [0.717, 1.165) is 40.1 Å². The summed E-state index contributed by atoms with van der Waals surface area (Å²) in [6, 6.07) is 23.6. The molecule has 0 bridgehead atoms. The number of aryl methyl sites for hydroxylation is 1. The predicted molar refractivity (Wildman–Crippen MR) is 168 cm³/mol. The number of anilines is 1. The Labute approximate surface area is 251 Å². The smallest absolute Gasteiger partial charge is 0.240 e. The van der Waals surface area contributed by atoms with E-state index in [0.29, 0.717) is 17.3 Å². The lowest BCUT2D eigenvalue weighted by Gasteiger charge is -2.24. The van der Waals surface area contributed by atoms with E-state index in [9.17, 15) is 9.59 Å². The Bertz CT molecular complexity index is 1570. The topological polar surface area (TPSA) is 85.7 Å². The minimum Gasteiger partial charge on any atom is -0.497 e. The summed E-state index contributed by atoms with van der Waals surface area (Å²) in [6.45, 7) is 5.88. The van der Waals surface area contributed by atoms with Gasteiger partial charge in [0, 0.05) is 22.7 Å². The summed E-state index contributed by atoms with van der Waals surface area (Å²) in [4.78, 5) is 28.8. The van der Waals surface area contributed by atoms with Gasteiger partial charge in [-0.05, 0) is 50.6 Å². The van der Waals surface area contributed by atoms with E-state index in [1.807, 2.05) is 93.6 Å². The fourth-order valence-electron chi connectivity index (χ4n) is 5.05. The molecular weight excluding hydrogens is 548 g/mol. The van der Waals surface area contributed by atoms with Crippen LogP contribution in [-0.2, 0) is 9.59 Å². The van der Waals surface area contributed by atoms with Crippen molar-refractivity contribution in [2.75, 3.05) is 31.4 Å². The van der Waals surface area contributed by atoms with Crippen LogP contribution in [0.4, 0.5) is 5.82 Å². The van der Waals surface area contributed by atoms with Crippen LogP contribution in [0.15, 0.2) is 72.8 Å². The first-order valence-corrected chi connectivity index (χ1v) is 15.1. The molecular formula is C33H36N4O4S. The second kappa shape index (κ2) is 12.7. The Hall–Kier alpha value is -4.24. The summed E-state index contributed by atoms with van der Waals surface area (Å²) in [5.74, 6) is 1.71. The maximum atomic E-state index is 13.9. The van der Waals surface area contributed by atoms with Crippen molar-refractivity contribution in [2.24, 2.45) is 0 Å². The van der Waals surface area contributed by atoms with Crippen LogP contribution < -0.4 is 19.7 Å². The number of thioether (sulfide) groups is 1. The number of nitrogens with zero attached hydrogens (tertiary/aromatic N) is 3. The molecule has 9 heteroatoms. The zero-order valence-corrected chi connectivity index (χ0v) is 25.4. The molecule has 2 atom stereocenters. The summed E-state index contributed by atoms with van der Waals surface area (Å²) in [7, 11) is 3.27. The van der Waals surface area contributed by atoms with E-state index in [4.69, 9.17) is 14.6 Å². The standard InChI is InChI=1S/C33H36N4O4S/c1-6-22(3)34-28(38)19-36-29(39)20-42-32(26-18-25(40-4)16-17-27(26)41-5)30-31(23-10-8-7-9-11-23)35-37(33(30)36)24-14-12-21(2)13-15-24/h7-18,22,32H,6,19-20H2,1-5H3,(H,34,38)/t22-,32+/m0/s1. The fraction of sp³-hybridized carbons (Fsp3) is 0.303. The van der Waals surface area contributed by atoms with Crippen molar-refractivity contribution >= 4 is 29.4 Å². The highest BCUT2D eigenvalue weighted by atomic mass is 32.2. The van der Waals surface area contributed by atoms with Crippen molar-refractivity contribution in [1.82, 2.24) is 15.1 Å². The Morgan fingerprint density at radius 3 is 2.48 bits per heavy atom. The number of carbonyl (C=O) groups is 2. The number of rotatable bonds is 9. The van der Waals surface area contributed by atoms with Gasteiger partial charge in [0.05, 0.1) is 36.6 Å². The van der Waals surface area contributed by atoms with Gasteiger partial charge in [0.1, 0.15) is 23.9 Å². The molecule has 2 amide bonds. The van der Waals surface area contributed by atoms with E-state index in [1.54, 1.807) is 23.8 Å². The quantitative estimate of drug-likeness (QED) is 0.262. The molecule has 218 valence electrons. The minimum atomic E-state index is -0.342. The van der Waals surface area contributed by atoms with Crippen molar-refractivity contribution < 1.29 is 19.1 Å². The number of methoxy groups -OCH3 is 2. The molecule has 42 heavy (non-hydrogen) atoms. The Morgan fingerprint density at radius 2 is 1.81 bits per heavy atom. The molecule has 0 spiro atoms. The molecule has 0 saturated carbocycles. The third-order valence-electron chi connectivity index (χ3n) is 7.46. The van der Waals surface area contributed by atoms with Crippen molar-refractivity contribution in [1.29, 1.82) is 0 Å².